The highest BCUT2D eigenvalue weighted by atomic mass is 16.6. The first-order chi connectivity index (χ1) is 9.02. The number of rotatable bonds is 4. The second-order valence-corrected chi connectivity index (χ2v) is 4.57. The Labute approximate surface area is 109 Å². The molecule has 0 radical (unpaired) electrons. The lowest BCUT2D eigenvalue weighted by Crippen LogP contribution is -2.33. The van der Waals surface area contributed by atoms with Gasteiger partial charge in [-0.1, -0.05) is 0 Å². The summed E-state index contributed by atoms with van der Waals surface area (Å²) in [4.78, 5) is 25.2. The Morgan fingerprint density at radius 3 is 3.00 bits per heavy atom. The van der Waals surface area contributed by atoms with E-state index in [0.717, 1.165) is 0 Å². The van der Waals surface area contributed by atoms with Gasteiger partial charge in [-0.3, -0.25) is 14.3 Å². The quantitative estimate of drug-likeness (QED) is 0.771. The molecule has 1 fully saturated rings. The molecule has 0 amide bonds. The molecule has 1 aliphatic heterocycles. The van der Waals surface area contributed by atoms with Crippen LogP contribution in [0.3, 0.4) is 0 Å². The molecule has 2 heterocycles. The summed E-state index contributed by atoms with van der Waals surface area (Å²) < 4.78 is 12.1. The number of aromatic amines is 1. The van der Waals surface area contributed by atoms with Gasteiger partial charge in [0, 0.05) is 24.8 Å². The van der Waals surface area contributed by atoms with Crippen molar-refractivity contribution in [2.45, 2.75) is 38.7 Å². The van der Waals surface area contributed by atoms with Crippen LogP contribution in [-0.4, -0.2) is 40.1 Å². The highest BCUT2D eigenvalue weighted by molar-refractivity contribution is 5.02. The molecule has 0 spiro atoms. The first-order valence-electron chi connectivity index (χ1n) is 6.26. The first-order valence-corrected chi connectivity index (χ1v) is 6.26. The van der Waals surface area contributed by atoms with Crippen molar-refractivity contribution < 1.29 is 14.6 Å². The van der Waals surface area contributed by atoms with E-state index in [9.17, 15) is 14.7 Å². The maximum atomic E-state index is 11.7. The molecule has 1 aliphatic rings. The van der Waals surface area contributed by atoms with E-state index < -0.39 is 29.7 Å². The van der Waals surface area contributed by atoms with E-state index in [1.165, 1.54) is 10.8 Å². The number of H-pyrrole nitrogens is 1. The number of nitrogens with zero attached hydrogens (tertiary/aromatic N) is 1. The van der Waals surface area contributed by atoms with Crippen molar-refractivity contribution in [1.82, 2.24) is 9.55 Å². The minimum absolute atomic E-state index is 0.283. The van der Waals surface area contributed by atoms with E-state index in [0.29, 0.717) is 18.6 Å². The molecule has 1 aromatic heterocycles. The number of aliphatic hydroxyl groups excluding tert-OH is 1. The van der Waals surface area contributed by atoms with Gasteiger partial charge in [0.05, 0.1) is 12.7 Å². The molecule has 2 rings (SSSR count). The van der Waals surface area contributed by atoms with Crippen molar-refractivity contribution in [2.75, 3.05) is 13.2 Å². The zero-order valence-corrected chi connectivity index (χ0v) is 11.0. The summed E-state index contributed by atoms with van der Waals surface area (Å²) in [6.07, 6.45) is 0.0216. The fourth-order valence-corrected chi connectivity index (χ4v) is 2.07. The lowest BCUT2D eigenvalue weighted by atomic mass is 10.2. The monoisotopic (exact) mass is 270 g/mol. The Morgan fingerprint density at radius 1 is 1.58 bits per heavy atom. The van der Waals surface area contributed by atoms with Crippen molar-refractivity contribution in [1.29, 1.82) is 0 Å². The maximum Gasteiger partial charge on any atom is 0.330 e. The number of aromatic nitrogens is 2. The molecule has 1 saturated heterocycles. The van der Waals surface area contributed by atoms with E-state index in [4.69, 9.17) is 9.47 Å². The molecule has 0 bridgehead atoms. The molecule has 3 unspecified atom stereocenters. The highest BCUT2D eigenvalue weighted by Crippen LogP contribution is 2.27. The van der Waals surface area contributed by atoms with Crippen LogP contribution >= 0.6 is 0 Å². The lowest BCUT2D eigenvalue weighted by Gasteiger charge is -2.16. The molecule has 0 aromatic carbocycles. The third kappa shape index (κ3) is 2.94. The van der Waals surface area contributed by atoms with Crippen LogP contribution in [-0.2, 0) is 9.47 Å². The largest absolute Gasteiger partial charge is 0.390 e. The Hall–Kier alpha value is -1.44. The number of aryl methyl sites for hydroxylation is 1. The third-order valence-electron chi connectivity index (χ3n) is 3.15. The number of nitrogens with one attached hydrogen (secondary N) is 1. The number of hydrogen-bond acceptors (Lipinski definition) is 5. The van der Waals surface area contributed by atoms with E-state index in [-0.39, 0.29) is 6.61 Å². The van der Waals surface area contributed by atoms with Gasteiger partial charge in [-0.05, 0) is 13.8 Å². The molecule has 7 heteroatoms. The Bertz CT molecular complexity index is 550. The minimum Gasteiger partial charge on any atom is -0.390 e. The molecule has 0 saturated carbocycles. The highest BCUT2D eigenvalue weighted by Gasteiger charge is 2.35. The van der Waals surface area contributed by atoms with Crippen LogP contribution < -0.4 is 11.2 Å². The van der Waals surface area contributed by atoms with Crippen LogP contribution in [0.15, 0.2) is 15.8 Å². The summed E-state index contributed by atoms with van der Waals surface area (Å²) in [6.45, 7) is 4.28. The standard InChI is InChI=1S/C12H18N2O5/c1-3-18-6-9-8(15)4-10(19-9)14-5-7(2)11(16)13-12(14)17/h5,8-10,15H,3-4,6H2,1-2H3,(H,13,16,17). The molecular formula is C12H18N2O5. The Balaban J connectivity index is 2.18. The SMILES string of the molecule is CCOCC1OC(n2cc(C)c(=O)[nH]c2=O)CC1O. The second-order valence-electron chi connectivity index (χ2n) is 4.57. The van der Waals surface area contributed by atoms with Gasteiger partial charge >= 0.3 is 5.69 Å². The van der Waals surface area contributed by atoms with Crippen LogP contribution in [0.25, 0.3) is 0 Å². The summed E-state index contributed by atoms with van der Waals surface area (Å²) in [5, 5.41) is 9.87. The van der Waals surface area contributed by atoms with Gasteiger partial charge in [-0.15, -0.1) is 0 Å². The molecule has 1 aromatic rings. The third-order valence-corrected chi connectivity index (χ3v) is 3.15. The van der Waals surface area contributed by atoms with Crippen LogP contribution in [0.1, 0.15) is 25.1 Å². The maximum absolute atomic E-state index is 11.7. The predicted octanol–water partition coefficient (Wildman–Crippen LogP) is -0.470. The van der Waals surface area contributed by atoms with E-state index >= 15 is 0 Å². The van der Waals surface area contributed by atoms with Crippen LogP contribution in [0.4, 0.5) is 0 Å². The first kappa shape index (κ1) is 14.0. The topological polar surface area (TPSA) is 93.5 Å². The second kappa shape index (κ2) is 5.68. The van der Waals surface area contributed by atoms with Gasteiger partial charge in [-0.2, -0.15) is 0 Å². The van der Waals surface area contributed by atoms with Crippen LogP contribution in [0.2, 0.25) is 0 Å². The number of hydrogen-bond donors (Lipinski definition) is 2. The normalized spacial score (nSPS) is 26.8. The number of aliphatic hydroxyl groups is 1. The summed E-state index contributed by atoms with van der Waals surface area (Å²) in [6, 6.07) is 0. The molecular weight excluding hydrogens is 252 g/mol. The van der Waals surface area contributed by atoms with Crippen molar-refractivity contribution in [3.05, 3.63) is 32.6 Å². The summed E-state index contributed by atoms with van der Waals surface area (Å²) >= 11 is 0. The van der Waals surface area contributed by atoms with Gasteiger partial charge in [-0.25, -0.2) is 4.79 Å². The molecule has 7 nitrogen and oxygen atoms in total. The van der Waals surface area contributed by atoms with Crippen LogP contribution in [0.5, 0.6) is 0 Å². The van der Waals surface area contributed by atoms with Crippen molar-refractivity contribution in [3.63, 3.8) is 0 Å². The van der Waals surface area contributed by atoms with Gasteiger partial charge in [0.2, 0.25) is 0 Å². The van der Waals surface area contributed by atoms with E-state index in [1.807, 2.05) is 6.92 Å². The number of ether oxygens (including phenoxy) is 2. The van der Waals surface area contributed by atoms with Gasteiger partial charge in [0.1, 0.15) is 12.3 Å². The zero-order chi connectivity index (χ0) is 14.0. The summed E-state index contributed by atoms with van der Waals surface area (Å²) in [5.41, 5.74) is -0.526. The summed E-state index contributed by atoms with van der Waals surface area (Å²) in [5.74, 6) is 0. The average molecular weight is 270 g/mol. The van der Waals surface area contributed by atoms with Crippen LogP contribution in [0, 0.1) is 6.92 Å². The molecule has 0 aliphatic carbocycles. The molecule has 19 heavy (non-hydrogen) atoms. The van der Waals surface area contributed by atoms with Crippen molar-refractivity contribution in [3.8, 4) is 0 Å². The Kier molecular flexibility index (Phi) is 4.18. The Morgan fingerprint density at radius 2 is 2.32 bits per heavy atom. The molecule has 106 valence electrons. The molecule has 2 N–H and O–H groups in total. The average Bonchev–Trinajstić information content (AvgIpc) is 2.72. The van der Waals surface area contributed by atoms with E-state index in [2.05, 4.69) is 4.98 Å². The van der Waals surface area contributed by atoms with Gasteiger partial charge in [0.15, 0.2) is 0 Å². The zero-order valence-electron chi connectivity index (χ0n) is 11.0. The predicted molar refractivity (Wildman–Crippen MR) is 67.1 cm³/mol. The smallest absolute Gasteiger partial charge is 0.330 e. The van der Waals surface area contributed by atoms with Crippen molar-refractivity contribution in [2.24, 2.45) is 0 Å². The minimum atomic E-state index is -0.685. The fourth-order valence-electron chi connectivity index (χ4n) is 2.07. The van der Waals surface area contributed by atoms with Crippen molar-refractivity contribution >= 4 is 0 Å². The summed E-state index contributed by atoms with van der Waals surface area (Å²) in [7, 11) is 0. The van der Waals surface area contributed by atoms with Gasteiger partial charge < -0.3 is 14.6 Å². The van der Waals surface area contributed by atoms with Gasteiger partial charge in [0.25, 0.3) is 5.56 Å². The molecule has 3 atom stereocenters. The lowest BCUT2D eigenvalue weighted by molar-refractivity contribution is -0.0617. The van der Waals surface area contributed by atoms with E-state index in [1.54, 1.807) is 6.92 Å². The fraction of sp³-hybridized carbons (Fsp3) is 0.667.